The molecule has 0 spiro atoms. The monoisotopic (exact) mass is 2060 g/mol. The Kier molecular flexibility index (Phi) is 43.2. The first-order valence-corrected chi connectivity index (χ1v) is 55.4. The van der Waals surface area contributed by atoms with Crippen molar-refractivity contribution < 1.29 is 86.0 Å². The Morgan fingerprint density at radius 3 is 0.811 bits per heavy atom. The summed E-state index contributed by atoms with van der Waals surface area (Å²) in [7, 11) is 0. The third-order valence-electron chi connectivity index (χ3n) is 27.1. The number of hydrogen-bond acceptors (Lipinski definition) is 11. The number of hydrogen-bond donors (Lipinski definition) is 2. The molecule has 780 valence electrons. The molecular weight excluding hydrogens is 1910 g/mol. The summed E-state index contributed by atoms with van der Waals surface area (Å²) in [6.45, 7) is 25.3. The van der Waals surface area contributed by atoms with Crippen molar-refractivity contribution in [3.63, 3.8) is 0 Å². The van der Waals surface area contributed by atoms with Gasteiger partial charge >= 0.3 is 35.5 Å². The summed E-state index contributed by atoms with van der Waals surface area (Å²) in [6, 6.07) is 33.6. The summed E-state index contributed by atoms with van der Waals surface area (Å²) in [5, 5.41) is 5.80. The van der Waals surface area contributed by atoms with Crippen LogP contribution in [0.5, 0.6) is 28.7 Å². The molecule has 143 heavy (non-hydrogen) atoms. The molecule has 2 atom stereocenters. The van der Waals surface area contributed by atoms with Crippen LogP contribution in [-0.2, 0) is 22.8 Å². The maximum atomic E-state index is 16.8. The summed E-state index contributed by atoms with van der Waals surface area (Å²) in [5.74, 6) is -31.1. The number of allylic oxidation sites excluding steroid dienone is 8. The Labute approximate surface area is 857 Å². The minimum Gasteiger partial charge on any atom is -0.489 e. The van der Waals surface area contributed by atoms with Gasteiger partial charge in [0.25, 0.3) is 0 Å². The Bertz CT molecular complexity index is 5370. The van der Waals surface area contributed by atoms with Crippen molar-refractivity contribution in [1.29, 1.82) is 0 Å². The van der Waals surface area contributed by atoms with Gasteiger partial charge in [-0.1, -0.05) is 256 Å². The molecule has 0 fully saturated rings. The zero-order valence-electron chi connectivity index (χ0n) is 86.0. The van der Waals surface area contributed by atoms with E-state index in [1.165, 1.54) is 159 Å². The number of thiophene rings is 4. The van der Waals surface area contributed by atoms with Gasteiger partial charge in [-0.15, -0.1) is 45.3 Å². The van der Waals surface area contributed by atoms with Crippen molar-refractivity contribution in [2.75, 3.05) is 30.5 Å². The van der Waals surface area contributed by atoms with Crippen LogP contribution < -0.4 is 34.3 Å². The normalized spacial score (nSPS) is 15.3. The number of unbranched alkanes of at least 4 members (excludes halogenated alkanes) is 27. The zero-order chi connectivity index (χ0) is 103. The minimum absolute atomic E-state index is 0.104. The Morgan fingerprint density at radius 2 is 0.559 bits per heavy atom. The van der Waals surface area contributed by atoms with Gasteiger partial charge in [-0.2, -0.15) is 52.7 Å². The number of aryl methyl sites for hydroxylation is 4. The fourth-order valence-electron chi connectivity index (χ4n) is 18.8. The topological polar surface area (TPSA) is 104 Å². The first-order valence-electron chi connectivity index (χ1n) is 52.2. The van der Waals surface area contributed by atoms with Crippen LogP contribution in [0.25, 0.3) is 64.1 Å². The predicted molar refractivity (Wildman–Crippen MR) is 571 cm³/mol. The van der Waals surface area contributed by atoms with E-state index in [-0.39, 0.29) is 69.2 Å². The molecular formula is C118H148F12N2O7S4. The molecule has 0 bridgehead atoms. The van der Waals surface area contributed by atoms with Gasteiger partial charge in [0, 0.05) is 96.7 Å². The highest BCUT2D eigenvalue weighted by atomic mass is 32.1. The van der Waals surface area contributed by atoms with Crippen molar-refractivity contribution in [2.45, 2.75) is 370 Å². The van der Waals surface area contributed by atoms with E-state index in [2.05, 4.69) is 43.6 Å². The highest BCUT2D eigenvalue weighted by Crippen LogP contribution is 2.68. The number of halogens is 12. The highest BCUT2D eigenvalue weighted by molar-refractivity contribution is 7.17. The maximum absolute atomic E-state index is 16.8. The second-order valence-corrected chi connectivity index (χ2v) is 44.8. The van der Waals surface area contributed by atoms with Gasteiger partial charge in [-0.3, -0.25) is 9.59 Å². The Balaban J connectivity index is 0.900. The van der Waals surface area contributed by atoms with Crippen molar-refractivity contribution in [3.05, 3.63) is 204 Å². The van der Waals surface area contributed by atoms with Crippen molar-refractivity contribution in [3.8, 4) is 70.5 Å². The standard InChI is InChI=1S/C118H148F12N2O7S4/c1-14-17-20-23-26-29-32-35-38-41-66-135-110-90(76-138-94-62-54-88(55-63-94)102-74-98(84(12)142-102)108-106(113(119,120)117(127,128)115(108,123)124)96-72-100(140-82(96)10)86-50-58-92(59-51-86)131-104(133)69-80(8)48-44-46-78(4)5)71-91(111(136-67-42-39-36-33-30-27-24-21-18-15-2)112(110)137-68-43-40-37-34-31-28-25-22-19-16-3)77-139-95-64-56-89(57-65-95)103-75-99(85(13)143-103)109-107(114(121,122)118(129,130)116(109,125)126)97-73-101(141-83(97)11)87-52-60-93(61-53-87)132-105(134)70-81(9)49-45-47-79(6)7/h46-47,50-65,71-75,80-81H,14-45,48-49,66-70,76-77H2,1-13H3,(H,131,133)(H,132,134)/t80-,81-/m0/s1. The van der Waals surface area contributed by atoms with Crippen molar-refractivity contribution >= 4 is 90.8 Å². The molecule has 2 N–H and O–H groups in total. The minimum atomic E-state index is -5.81. The summed E-state index contributed by atoms with van der Waals surface area (Å²) in [4.78, 5) is 28.0. The van der Waals surface area contributed by atoms with Gasteiger partial charge < -0.3 is 34.3 Å². The van der Waals surface area contributed by atoms with Gasteiger partial charge in [0.2, 0.25) is 17.6 Å². The number of amides is 2. The van der Waals surface area contributed by atoms with Crippen molar-refractivity contribution in [2.24, 2.45) is 11.8 Å². The smallest absolute Gasteiger partial charge is 0.380 e. The lowest BCUT2D eigenvalue weighted by Crippen LogP contribution is -2.48. The van der Waals surface area contributed by atoms with Crippen LogP contribution in [0.4, 0.5) is 64.1 Å². The molecule has 2 aliphatic carbocycles. The third-order valence-corrected chi connectivity index (χ3v) is 31.5. The molecule has 25 heteroatoms. The van der Waals surface area contributed by atoms with Crippen molar-refractivity contribution in [1.82, 2.24) is 0 Å². The second kappa shape index (κ2) is 54.1. The molecule has 0 saturated heterocycles. The lowest BCUT2D eigenvalue weighted by Gasteiger charge is -2.25. The summed E-state index contributed by atoms with van der Waals surface area (Å²) in [5.41, 5.74) is -1.10. The number of carbonyl (C=O) groups excluding carboxylic acids is 2. The number of alkyl halides is 12. The molecule has 0 unspecified atom stereocenters. The van der Waals surface area contributed by atoms with E-state index >= 15 is 52.7 Å². The maximum Gasteiger partial charge on any atom is 0.380 e. The quantitative estimate of drug-likeness (QED) is 0.0222. The lowest BCUT2D eigenvalue weighted by molar-refractivity contribution is -0.254. The Morgan fingerprint density at radius 1 is 0.322 bits per heavy atom. The van der Waals surface area contributed by atoms with Gasteiger partial charge in [-0.05, 0) is 260 Å². The molecule has 0 aliphatic heterocycles. The van der Waals surface area contributed by atoms with E-state index in [0.29, 0.717) is 113 Å². The molecule has 0 radical (unpaired) electrons. The summed E-state index contributed by atoms with van der Waals surface area (Å²) in [6.07, 6.45) is 41.1. The van der Waals surface area contributed by atoms with E-state index in [1.54, 1.807) is 97.1 Å². The van der Waals surface area contributed by atoms with E-state index in [1.807, 2.05) is 47.6 Å². The van der Waals surface area contributed by atoms with Crippen LogP contribution in [0, 0.1) is 39.5 Å². The SMILES string of the molecule is CCCCCCCCCCCCOc1c(COc2ccc(-c3cc(C4=C(c5cc(-c6ccc(NC(=O)C[C@@H](C)CCC=C(C)C)cc6)sc5C)C(F)(F)C(F)(F)C4(F)F)c(C)s3)cc2)cc(COc2ccc(-c3cc(C4=C(c5cc(-c6ccc(NC(=O)C[C@@H](C)CCC=C(C)C)cc6)sc5C)C(F)(F)C(F)(F)C4(F)F)c(C)s3)cc2)c(OCCCCCCCCCCCC)c1OCCCCCCCCCCCC. The van der Waals surface area contributed by atoms with Gasteiger partial charge in [0.1, 0.15) is 24.7 Å². The third kappa shape index (κ3) is 29.9. The van der Waals surface area contributed by atoms with Gasteiger partial charge in [0.05, 0.1) is 19.8 Å². The molecule has 5 aromatic carbocycles. The number of ether oxygens (including phenoxy) is 5. The number of anilines is 2. The van der Waals surface area contributed by atoms with Crippen LogP contribution in [0.2, 0.25) is 0 Å². The number of nitrogens with one attached hydrogen (secondary N) is 2. The second-order valence-electron chi connectivity index (χ2n) is 39.8. The highest BCUT2D eigenvalue weighted by Gasteiger charge is 2.82. The number of rotatable bonds is 62. The zero-order valence-corrected chi connectivity index (χ0v) is 89.2. The van der Waals surface area contributed by atoms with Crippen LogP contribution in [0.15, 0.2) is 151 Å². The fourth-order valence-corrected chi connectivity index (χ4v) is 22.9. The fraction of sp³-hybridized carbons (Fsp3) is 0.525. The van der Waals surface area contributed by atoms with E-state index in [4.69, 9.17) is 23.7 Å². The average Bonchev–Trinajstić information content (AvgIpc) is 1.53. The van der Waals surface area contributed by atoms with Crippen LogP contribution in [0.1, 0.15) is 346 Å². The molecule has 4 heterocycles. The van der Waals surface area contributed by atoms with Crippen LogP contribution >= 0.6 is 45.3 Å². The lowest BCUT2D eigenvalue weighted by atomic mass is 9.94. The largest absolute Gasteiger partial charge is 0.489 e. The van der Waals surface area contributed by atoms with Crippen LogP contribution in [-0.4, -0.2) is 67.2 Å². The average molecular weight is 2060 g/mol. The van der Waals surface area contributed by atoms with Gasteiger partial charge in [0.15, 0.2) is 11.5 Å². The van der Waals surface area contributed by atoms with E-state index in [9.17, 15) is 9.59 Å². The molecule has 0 saturated carbocycles. The first-order chi connectivity index (χ1) is 68.3. The summed E-state index contributed by atoms with van der Waals surface area (Å²) >= 11 is 4.00. The molecule has 2 aliphatic rings. The first kappa shape index (κ1) is 114. The molecule has 9 aromatic rings. The Hall–Kier alpha value is -9.04. The van der Waals surface area contributed by atoms with E-state index < -0.39 is 80.1 Å². The molecule has 2 amide bonds. The van der Waals surface area contributed by atoms with E-state index in [0.717, 1.165) is 167 Å². The number of carbonyl (C=O) groups is 2. The molecule has 11 rings (SSSR count). The van der Waals surface area contributed by atoms with Gasteiger partial charge in [-0.25, -0.2) is 0 Å². The predicted octanol–water partition coefficient (Wildman–Crippen LogP) is 39.0. The van der Waals surface area contributed by atoms with Crippen LogP contribution in [0.3, 0.4) is 0 Å². The molecule has 9 nitrogen and oxygen atoms in total. The number of benzene rings is 5. The molecule has 4 aromatic heterocycles. The summed E-state index contributed by atoms with van der Waals surface area (Å²) < 4.78 is 233.